The highest BCUT2D eigenvalue weighted by molar-refractivity contribution is 7.11. The first-order valence-corrected chi connectivity index (χ1v) is 7.53. The zero-order valence-corrected chi connectivity index (χ0v) is 13.0. The Balaban J connectivity index is 2.18. The predicted molar refractivity (Wildman–Crippen MR) is 78.3 cm³/mol. The Morgan fingerprint density at radius 2 is 2.17 bits per heavy atom. The van der Waals surface area contributed by atoms with Gasteiger partial charge in [0.15, 0.2) is 0 Å². The SMILES string of the molecule is CNC1CC(C)(C)Cc2nc(CCN(C)C)sc21. The summed E-state index contributed by atoms with van der Waals surface area (Å²) in [7, 11) is 6.30. The lowest BCUT2D eigenvalue weighted by molar-refractivity contribution is 0.265. The Morgan fingerprint density at radius 3 is 2.78 bits per heavy atom. The summed E-state index contributed by atoms with van der Waals surface area (Å²) in [6.45, 7) is 5.78. The van der Waals surface area contributed by atoms with E-state index >= 15 is 0 Å². The van der Waals surface area contributed by atoms with Crippen LogP contribution in [0.2, 0.25) is 0 Å². The molecule has 1 N–H and O–H groups in total. The van der Waals surface area contributed by atoms with Gasteiger partial charge >= 0.3 is 0 Å². The fraction of sp³-hybridized carbons (Fsp3) is 0.786. The third-order valence-electron chi connectivity index (χ3n) is 3.61. The molecule has 1 aromatic rings. The van der Waals surface area contributed by atoms with Crippen LogP contribution >= 0.6 is 11.3 Å². The largest absolute Gasteiger partial charge is 0.312 e. The van der Waals surface area contributed by atoms with Crippen LogP contribution in [0.25, 0.3) is 0 Å². The van der Waals surface area contributed by atoms with Gasteiger partial charge in [0.05, 0.1) is 10.7 Å². The molecule has 0 radical (unpaired) electrons. The summed E-state index contributed by atoms with van der Waals surface area (Å²) in [6, 6.07) is 0.495. The van der Waals surface area contributed by atoms with Crippen molar-refractivity contribution in [2.24, 2.45) is 5.41 Å². The molecule has 2 rings (SSSR count). The molecule has 0 bridgehead atoms. The zero-order valence-electron chi connectivity index (χ0n) is 12.2. The molecule has 3 nitrogen and oxygen atoms in total. The number of aromatic nitrogens is 1. The van der Waals surface area contributed by atoms with Gasteiger partial charge in [-0.2, -0.15) is 0 Å². The minimum absolute atomic E-state index is 0.369. The van der Waals surface area contributed by atoms with Crippen LogP contribution < -0.4 is 5.32 Å². The van der Waals surface area contributed by atoms with Crippen molar-refractivity contribution in [3.05, 3.63) is 15.6 Å². The maximum absolute atomic E-state index is 4.87. The van der Waals surface area contributed by atoms with Crippen LogP contribution in [0, 0.1) is 5.41 Å². The molecule has 0 amide bonds. The van der Waals surface area contributed by atoms with Crippen LogP contribution in [0.1, 0.15) is 41.9 Å². The highest BCUT2D eigenvalue weighted by Gasteiger charge is 2.34. The maximum Gasteiger partial charge on any atom is 0.0944 e. The van der Waals surface area contributed by atoms with E-state index in [-0.39, 0.29) is 0 Å². The topological polar surface area (TPSA) is 28.2 Å². The van der Waals surface area contributed by atoms with Crippen LogP contribution in [-0.2, 0) is 12.8 Å². The van der Waals surface area contributed by atoms with Crippen molar-refractivity contribution in [2.75, 3.05) is 27.7 Å². The molecule has 1 atom stereocenters. The molecule has 0 spiro atoms. The Bertz CT molecular complexity index is 409. The maximum atomic E-state index is 4.87. The van der Waals surface area contributed by atoms with Gasteiger partial charge in [-0.15, -0.1) is 11.3 Å². The number of likely N-dealkylation sites (N-methyl/N-ethyl adjacent to an activating group) is 1. The molecule has 1 aliphatic carbocycles. The van der Waals surface area contributed by atoms with Crippen LogP contribution in [0.3, 0.4) is 0 Å². The molecular formula is C14H25N3S. The van der Waals surface area contributed by atoms with Gasteiger partial charge in [-0.3, -0.25) is 0 Å². The summed E-state index contributed by atoms with van der Waals surface area (Å²) in [5.74, 6) is 0. The molecule has 0 saturated heterocycles. The molecule has 1 heterocycles. The fourth-order valence-corrected chi connectivity index (χ4v) is 3.83. The van der Waals surface area contributed by atoms with Crippen LogP contribution in [-0.4, -0.2) is 37.6 Å². The Labute approximate surface area is 115 Å². The number of hydrogen-bond donors (Lipinski definition) is 1. The van der Waals surface area contributed by atoms with Crippen molar-refractivity contribution < 1.29 is 0 Å². The van der Waals surface area contributed by atoms with Gasteiger partial charge in [-0.25, -0.2) is 4.98 Å². The first-order chi connectivity index (χ1) is 8.41. The molecule has 0 aromatic carbocycles. The fourth-order valence-electron chi connectivity index (χ4n) is 2.64. The molecule has 0 saturated carbocycles. The highest BCUT2D eigenvalue weighted by Crippen LogP contribution is 2.42. The van der Waals surface area contributed by atoms with E-state index in [0.29, 0.717) is 11.5 Å². The van der Waals surface area contributed by atoms with E-state index < -0.39 is 0 Å². The normalized spacial score (nSPS) is 22.2. The summed E-state index contributed by atoms with van der Waals surface area (Å²) in [5, 5.41) is 4.75. The zero-order chi connectivity index (χ0) is 13.3. The van der Waals surface area contributed by atoms with Crippen molar-refractivity contribution in [2.45, 2.75) is 39.2 Å². The van der Waals surface area contributed by atoms with Gasteiger partial charge in [0, 0.05) is 23.9 Å². The predicted octanol–water partition coefficient (Wildman–Crippen LogP) is 2.48. The third kappa shape index (κ3) is 3.11. The van der Waals surface area contributed by atoms with Crippen LogP contribution in [0.15, 0.2) is 0 Å². The lowest BCUT2D eigenvalue weighted by atomic mass is 9.76. The van der Waals surface area contributed by atoms with Crippen LogP contribution in [0.4, 0.5) is 0 Å². The number of fused-ring (bicyclic) bond motifs is 1. The number of thiazole rings is 1. The van der Waals surface area contributed by atoms with Gasteiger partial charge in [0.1, 0.15) is 0 Å². The second kappa shape index (κ2) is 5.27. The van der Waals surface area contributed by atoms with Gasteiger partial charge in [0.25, 0.3) is 0 Å². The minimum atomic E-state index is 0.369. The molecule has 0 aliphatic heterocycles. The van der Waals surface area contributed by atoms with E-state index in [9.17, 15) is 0 Å². The molecule has 0 fully saturated rings. The monoisotopic (exact) mass is 267 g/mol. The van der Waals surface area contributed by atoms with Crippen molar-refractivity contribution in [3.63, 3.8) is 0 Å². The van der Waals surface area contributed by atoms with E-state index in [4.69, 9.17) is 4.98 Å². The highest BCUT2D eigenvalue weighted by atomic mass is 32.1. The van der Waals surface area contributed by atoms with Crippen molar-refractivity contribution in [3.8, 4) is 0 Å². The average Bonchev–Trinajstić information content (AvgIpc) is 2.66. The lowest BCUT2D eigenvalue weighted by Crippen LogP contribution is -2.30. The summed E-state index contributed by atoms with van der Waals surface area (Å²) in [5.41, 5.74) is 1.71. The van der Waals surface area contributed by atoms with Gasteiger partial charge in [0.2, 0.25) is 0 Å². The van der Waals surface area contributed by atoms with Crippen molar-refractivity contribution in [1.82, 2.24) is 15.2 Å². The third-order valence-corrected chi connectivity index (χ3v) is 4.88. The molecule has 4 heteroatoms. The van der Waals surface area contributed by atoms with Gasteiger partial charge in [-0.1, -0.05) is 13.8 Å². The first kappa shape index (κ1) is 14.0. The molecule has 102 valence electrons. The standard InChI is InChI=1S/C14H25N3S/c1-14(2)8-10(15-3)13-11(9-14)16-12(18-13)6-7-17(4)5/h10,15H,6-9H2,1-5H3. The van der Waals surface area contributed by atoms with Crippen LogP contribution in [0.5, 0.6) is 0 Å². The molecular weight excluding hydrogens is 242 g/mol. The molecule has 1 aliphatic rings. The van der Waals surface area contributed by atoms with E-state index in [2.05, 4.69) is 45.2 Å². The summed E-state index contributed by atoms with van der Waals surface area (Å²) in [4.78, 5) is 8.57. The molecule has 18 heavy (non-hydrogen) atoms. The smallest absolute Gasteiger partial charge is 0.0944 e. The Kier molecular flexibility index (Phi) is 4.09. The molecule has 1 unspecified atom stereocenters. The van der Waals surface area contributed by atoms with E-state index in [1.165, 1.54) is 22.0 Å². The van der Waals surface area contributed by atoms with Crippen molar-refractivity contribution >= 4 is 11.3 Å². The second-order valence-corrected chi connectivity index (χ2v) is 7.47. The summed E-state index contributed by atoms with van der Waals surface area (Å²) in [6.07, 6.45) is 3.41. The number of rotatable bonds is 4. The van der Waals surface area contributed by atoms with Gasteiger partial charge < -0.3 is 10.2 Å². The second-order valence-electron chi connectivity index (χ2n) is 6.36. The first-order valence-electron chi connectivity index (χ1n) is 6.72. The summed E-state index contributed by atoms with van der Waals surface area (Å²) < 4.78 is 0. The van der Waals surface area contributed by atoms with Crippen molar-refractivity contribution in [1.29, 1.82) is 0 Å². The van der Waals surface area contributed by atoms with E-state index in [0.717, 1.165) is 19.4 Å². The Hall–Kier alpha value is -0.450. The average molecular weight is 267 g/mol. The summed E-state index contributed by atoms with van der Waals surface area (Å²) >= 11 is 1.91. The van der Waals surface area contributed by atoms with E-state index in [1.54, 1.807) is 0 Å². The molecule has 1 aromatic heterocycles. The Morgan fingerprint density at radius 1 is 1.44 bits per heavy atom. The minimum Gasteiger partial charge on any atom is -0.312 e. The quantitative estimate of drug-likeness (QED) is 0.908. The lowest BCUT2D eigenvalue weighted by Gasteiger charge is -2.34. The number of nitrogens with zero attached hydrogens (tertiary/aromatic N) is 2. The number of nitrogens with one attached hydrogen (secondary N) is 1. The van der Waals surface area contributed by atoms with E-state index in [1.807, 2.05) is 11.3 Å². The van der Waals surface area contributed by atoms with Gasteiger partial charge in [-0.05, 0) is 39.4 Å². The number of hydrogen-bond acceptors (Lipinski definition) is 4.